The molecule has 0 bridgehead atoms. The van der Waals surface area contributed by atoms with Crippen LogP contribution in [-0.2, 0) is 38.7 Å². The third-order valence-corrected chi connectivity index (χ3v) is 7.53. The van der Waals surface area contributed by atoms with E-state index in [1.54, 1.807) is 0 Å². The normalized spacial score (nSPS) is 11.0. The number of rotatable bonds is 8. The molecule has 0 unspecified atom stereocenters. The molecule has 212 valence electrons. The quantitative estimate of drug-likeness (QED) is 0.166. The molecule has 0 saturated carbocycles. The zero-order chi connectivity index (χ0) is 26.6. The fourth-order valence-corrected chi connectivity index (χ4v) is 5.36. The van der Waals surface area contributed by atoms with Crippen molar-refractivity contribution in [2.45, 2.75) is 119 Å². The second kappa shape index (κ2) is 17.2. The molecule has 0 aromatic heterocycles. The van der Waals surface area contributed by atoms with E-state index in [1.807, 2.05) is 0 Å². The first-order valence-corrected chi connectivity index (χ1v) is 14.5. The van der Waals surface area contributed by atoms with Crippen LogP contribution in [-0.4, -0.2) is 0 Å². The molecule has 0 saturated heterocycles. The zero-order valence-electron chi connectivity index (χ0n) is 26.0. The fraction of sp³-hybridized carbons (Fsp3) is 0.500. The Balaban J connectivity index is 0.000000688. The molecule has 0 nitrogen and oxygen atoms in total. The first-order valence-electron chi connectivity index (χ1n) is 14.5. The Morgan fingerprint density at radius 3 is 1.10 bits per heavy atom. The molecule has 0 fully saturated rings. The maximum Gasteiger partial charge on any atom is 4.00 e. The summed E-state index contributed by atoms with van der Waals surface area (Å²) in [6.07, 6.45) is 4.85. The molecule has 0 radical (unpaired) electrons. The monoisotopic (exact) mass is 732 g/mol. The molecule has 4 aromatic carbocycles. The minimum Gasteiger partial charge on any atom is -1.00 e. The van der Waals surface area contributed by atoms with E-state index < -0.39 is 0 Å². The van der Waals surface area contributed by atoms with E-state index in [0.717, 1.165) is 0 Å². The molecule has 0 amide bonds. The summed E-state index contributed by atoms with van der Waals surface area (Å²) in [5.74, 6) is 2.42. The Morgan fingerprint density at radius 1 is 0.513 bits per heavy atom. The molecule has 0 spiro atoms. The van der Waals surface area contributed by atoms with Gasteiger partial charge >= 0.3 is 25.8 Å². The molecule has 0 aliphatic rings. The van der Waals surface area contributed by atoms with Gasteiger partial charge in [-0.2, -0.15) is 12.1 Å². The van der Waals surface area contributed by atoms with Crippen LogP contribution in [0.3, 0.4) is 0 Å². The molecule has 0 aliphatic heterocycles. The van der Waals surface area contributed by atoms with Crippen molar-refractivity contribution in [1.29, 1.82) is 0 Å². The van der Waals surface area contributed by atoms with Crippen molar-refractivity contribution < 1.29 is 50.7 Å². The predicted octanol–water partition coefficient (Wildman–Crippen LogP) is 5.52. The predicted molar refractivity (Wildman–Crippen MR) is 163 cm³/mol. The Morgan fingerprint density at radius 2 is 0.846 bits per heavy atom. The van der Waals surface area contributed by atoms with Gasteiger partial charge in [-0.15, -0.1) is 56.9 Å². The van der Waals surface area contributed by atoms with Crippen LogP contribution in [0.2, 0.25) is 0 Å². The van der Waals surface area contributed by atoms with Crippen LogP contribution in [0.4, 0.5) is 0 Å². The fourth-order valence-electron chi connectivity index (χ4n) is 5.36. The van der Waals surface area contributed by atoms with Gasteiger partial charge in [0.1, 0.15) is 0 Å². The minimum absolute atomic E-state index is 0. The van der Waals surface area contributed by atoms with Crippen molar-refractivity contribution in [3.05, 3.63) is 81.9 Å². The third-order valence-electron chi connectivity index (χ3n) is 7.53. The van der Waals surface area contributed by atoms with Gasteiger partial charge < -0.3 is 24.8 Å². The van der Waals surface area contributed by atoms with Gasteiger partial charge in [0.2, 0.25) is 0 Å². The molecular formula is C36H50Cl2Hf. The van der Waals surface area contributed by atoms with Crippen LogP contribution < -0.4 is 24.8 Å². The largest absolute Gasteiger partial charge is 4.00 e. The van der Waals surface area contributed by atoms with Gasteiger partial charge in [-0.05, 0) is 36.5 Å². The number of fused-ring (bicyclic) bond motifs is 2. The van der Waals surface area contributed by atoms with Crippen LogP contribution in [0.15, 0.2) is 48.5 Å². The molecule has 4 aromatic rings. The van der Waals surface area contributed by atoms with Gasteiger partial charge in [-0.25, -0.2) is 0 Å². The topological polar surface area (TPSA) is 0 Å². The number of aryl methyl sites for hydroxylation is 2. The van der Waals surface area contributed by atoms with Gasteiger partial charge in [-0.1, -0.05) is 116 Å². The number of hydrogen-bond acceptors (Lipinski definition) is 0. The number of benzene rings is 2. The van der Waals surface area contributed by atoms with Crippen LogP contribution >= 0.6 is 0 Å². The molecule has 0 atom stereocenters. The average molecular weight is 732 g/mol. The maximum absolute atomic E-state index is 2.41. The minimum atomic E-state index is 0. The maximum atomic E-state index is 2.41. The summed E-state index contributed by atoms with van der Waals surface area (Å²) in [6.45, 7) is 22.8. The second-order valence-corrected chi connectivity index (χ2v) is 12.1. The summed E-state index contributed by atoms with van der Waals surface area (Å²) < 4.78 is 0. The van der Waals surface area contributed by atoms with Crippen LogP contribution in [0, 0.1) is 0 Å². The van der Waals surface area contributed by atoms with E-state index in [-0.39, 0.29) is 50.7 Å². The second-order valence-electron chi connectivity index (χ2n) is 12.1. The van der Waals surface area contributed by atoms with Crippen molar-refractivity contribution in [3.63, 3.8) is 0 Å². The SMILES string of the molecule is CCCc1cc2c(C(C)C)cc(C(C)C)cc2[cH-]1.CCCc1cc2c(C(C)C)cc(C(C)C)cc2[cH-]1.[Cl-].[Cl-].[Hf+4]. The molecule has 3 heteroatoms. The zero-order valence-corrected chi connectivity index (χ0v) is 31.1. The van der Waals surface area contributed by atoms with Crippen molar-refractivity contribution in [2.75, 3.05) is 0 Å². The van der Waals surface area contributed by atoms with Crippen LogP contribution in [0.25, 0.3) is 21.5 Å². The van der Waals surface area contributed by atoms with Crippen LogP contribution in [0.5, 0.6) is 0 Å². The summed E-state index contributed by atoms with van der Waals surface area (Å²) in [4.78, 5) is 0. The van der Waals surface area contributed by atoms with Gasteiger partial charge in [0, 0.05) is 0 Å². The average Bonchev–Trinajstić information content (AvgIpc) is 3.41. The first kappa shape index (κ1) is 38.1. The van der Waals surface area contributed by atoms with E-state index in [1.165, 1.54) is 80.6 Å². The molecule has 0 N–H and O–H groups in total. The Kier molecular flexibility index (Phi) is 16.8. The number of hydrogen-bond donors (Lipinski definition) is 0. The van der Waals surface area contributed by atoms with E-state index in [9.17, 15) is 0 Å². The standard InChI is InChI=1S/2C18H25.2ClH.Hf/c2*1-6-7-14-8-16-10-15(12(2)3)11-17(13(4)5)18(16)9-14;;;/h2*8-13H,6-7H2,1-5H3;2*1H;/q2*-1;;;+4/p-2. The van der Waals surface area contributed by atoms with E-state index in [2.05, 4.69) is 118 Å². The summed E-state index contributed by atoms with van der Waals surface area (Å²) in [6, 6.07) is 19.2. The van der Waals surface area contributed by atoms with Gasteiger partial charge in [0.05, 0.1) is 0 Å². The Hall–Kier alpha value is -0.890. The molecular weight excluding hydrogens is 682 g/mol. The van der Waals surface area contributed by atoms with E-state index in [0.29, 0.717) is 23.7 Å². The molecule has 39 heavy (non-hydrogen) atoms. The van der Waals surface area contributed by atoms with Gasteiger partial charge in [-0.3, -0.25) is 0 Å². The van der Waals surface area contributed by atoms with Crippen molar-refractivity contribution in [1.82, 2.24) is 0 Å². The van der Waals surface area contributed by atoms with Crippen LogP contribution in [0.1, 0.15) is 139 Å². The third kappa shape index (κ3) is 9.58. The van der Waals surface area contributed by atoms with Crippen molar-refractivity contribution in [2.24, 2.45) is 0 Å². The molecule has 4 rings (SSSR count). The summed E-state index contributed by atoms with van der Waals surface area (Å²) in [7, 11) is 0. The van der Waals surface area contributed by atoms with Gasteiger partial charge in [0.25, 0.3) is 0 Å². The smallest absolute Gasteiger partial charge is 1.00 e. The molecule has 0 heterocycles. The Labute approximate surface area is 271 Å². The van der Waals surface area contributed by atoms with E-state index in [4.69, 9.17) is 0 Å². The van der Waals surface area contributed by atoms with E-state index >= 15 is 0 Å². The van der Waals surface area contributed by atoms with Gasteiger partial charge in [0.15, 0.2) is 0 Å². The summed E-state index contributed by atoms with van der Waals surface area (Å²) in [5.41, 5.74) is 8.96. The Bertz CT molecular complexity index is 1170. The van der Waals surface area contributed by atoms with Crippen molar-refractivity contribution >= 4 is 21.5 Å². The summed E-state index contributed by atoms with van der Waals surface area (Å²) >= 11 is 0. The number of halogens is 2. The van der Waals surface area contributed by atoms with Crippen molar-refractivity contribution in [3.8, 4) is 0 Å². The molecule has 0 aliphatic carbocycles. The first-order chi connectivity index (χ1) is 17.0. The summed E-state index contributed by atoms with van der Waals surface area (Å²) in [5, 5.41) is 5.82.